The Morgan fingerprint density at radius 1 is 0.815 bits per heavy atom. The third-order valence-electron chi connectivity index (χ3n) is 4.57. The maximum atomic E-state index is 12.4. The van der Waals surface area contributed by atoms with E-state index < -0.39 is 10.0 Å². The molecule has 2 heterocycles. The summed E-state index contributed by atoms with van der Waals surface area (Å²) in [7, 11) is -3.59. The highest BCUT2D eigenvalue weighted by Crippen LogP contribution is 2.23. The Labute approximate surface area is 158 Å². The van der Waals surface area contributed by atoms with Gasteiger partial charge in [-0.1, -0.05) is 30.3 Å². The molecule has 0 bridgehead atoms. The first-order chi connectivity index (χ1) is 13.1. The molecule has 6 nitrogen and oxygen atoms in total. The molecule has 3 aromatic rings. The second kappa shape index (κ2) is 7.36. The smallest absolute Gasteiger partial charge is 0.261 e. The van der Waals surface area contributed by atoms with Crippen LogP contribution < -0.4 is 9.62 Å². The van der Waals surface area contributed by atoms with E-state index in [1.165, 1.54) is 12.8 Å². The Morgan fingerprint density at radius 3 is 2.15 bits per heavy atom. The standard InChI is InChI=1S/C20H20N4O2S/c25-27(26,18-6-2-1-3-7-18)23-17-10-8-16(9-11-17)19-12-13-20(22-21-19)24-14-4-5-15-24/h1-3,6-13,23H,4-5,14-15H2. The van der Waals surface area contributed by atoms with Crippen molar-refractivity contribution in [1.82, 2.24) is 10.2 Å². The Balaban J connectivity index is 1.49. The Hall–Kier alpha value is -2.93. The molecule has 27 heavy (non-hydrogen) atoms. The molecule has 1 fully saturated rings. The average Bonchev–Trinajstić information content (AvgIpc) is 3.24. The van der Waals surface area contributed by atoms with Gasteiger partial charge in [0.1, 0.15) is 0 Å². The van der Waals surface area contributed by atoms with Crippen LogP contribution in [0, 0.1) is 0 Å². The SMILES string of the molecule is O=S(=O)(Nc1ccc(-c2ccc(N3CCCC3)nn2)cc1)c1ccccc1. The molecule has 0 spiro atoms. The van der Waals surface area contributed by atoms with Crippen molar-refractivity contribution in [3.05, 3.63) is 66.7 Å². The molecule has 0 saturated carbocycles. The fourth-order valence-corrected chi connectivity index (χ4v) is 4.20. The van der Waals surface area contributed by atoms with Gasteiger partial charge in [0, 0.05) is 24.3 Å². The molecule has 0 atom stereocenters. The summed E-state index contributed by atoms with van der Waals surface area (Å²) in [5, 5.41) is 8.64. The first-order valence-corrected chi connectivity index (χ1v) is 10.4. The summed E-state index contributed by atoms with van der Waals surface area (Å²) < 4.78 is 27.4. The summed E-state index contributed by atoms with van der Waals surface area (Å²) in [4.78, 5) is 2.47. The van der Waals surface area contributed by atoms with E-state index in [0.29, 0.717) is 5.69 Å². The van der Waals surface area contributed by atoms with Gasteiger partial charge in [-0.3, -0.25) is 4.72 Å². The van der Waals surface area contributed by atoms with Crippen molar-refractivity contribution >= 4 is 21.5 Å². The molecule has 4 rings (SSSR count). The lowest BCUT2D eigenvalue weighted by Crippen LogP contribution is -2.19. The van der Waals surface area contributed by atoms with E-state index in [4.69, 9.17) is 0 Å². The van der Waals surface area contributed by atoms with Gasteiger partial charge < -0.3 is 4.90 Å². The number of anilines is 2. The van der Waals surface area contributed by atoms with Crippen LogP contribution in [-0.4, -0.2) is 31.7 Å². The van der Waals surface area contributed by atoms with Gasteiger partial charge in [-0.25, -0.2) is 8.42 Å². The number of aromatic nitrogens is 2. The molecule has 0 aliphatic carbocycles. The van der Waals surface area contributed by atoms with Crippen molar-refractivity contribution in [3.8, 4) is 11.3 Å². The highest BCUT2D eigenvalue weighted by molar-refractivity contribution is 7.92. The molecule has 7 heteroatoms. The number of hydrogen-bond donors (Lipinski definition) is 1. The van der Waals surface area contributed by atoms with Gasteiger partial charge in [0.15, 0.2) is 5.82 Å². The van der Waals surface area contributed by atoms with Gasteiger partial charge >= 0.3 is 0 Å². The van der Waals surface area contributed by atoms with Crippen molar-refractivity contribution in [2.75, 3.05) is 22.7 Å². The lowest BCUT2D eigenvalue weighted by atomic mass is 10.1. The zero-order valence-corrected chi connectivity index (χ0v) is 15.6. The maximum absolute atomic E-state index is 12.4. The Kier molecular flexibility index (Phi) is 4.77. The van der Waals surface area contributed by atoms with Crippen molar-refractivity contribution in [2.45, 2.75) is 17.7 Å². The van der Waals surface area contributed by atoms with Crippen LogP contribution in [0.5, 0.6) is 0 Å². The van der Waals surface area contributed by atoms with Gasteiger partial charge in [0.2, 0.25) is 0 Å². The molecule has 1 aliphatic rings. The van der Waals surface area contributed by atoms with E-state index >= 15 is 0 Å². The molecule has 138 valence electrons. The number of nitrogens with one attached hydrogen (secondary N) is 1. The van der Waals surface area contributed by atoms with Gasteiger partial charge in [0.05, 0.1) is 10.6 Å². The predicted octanol–water partition coefficient (Wildman–Crippen LogP) is 3.54. The molecule has 1 saturated heterocycles. The number of benzene rings is 2. The summed E-state index contributed by atoms with van der Waals surface area (Å²) in [6.07, 6.45) is 2.40. The molecule has 1 aliphatic heterocycles. The normalized spacial score (nSPS) is 14.3. The minimum absolute atomic E-state index is 0.234. The first kappa shape index (κ1) is 17.5. The minimum Gasteiger partial charge on any atom is -0.355 e. The van der Waals surface area contributed by atoms with Crippen LogP contribution >= 0.6 is 0 Å². The summed E-state index contributed by atoms with van der Waals surface area (Å²) in [5.74, 6) is 0.906. The van der Waals surface area contributed by atoms with Crippen LogP contribution in [0.2, 0.25) is 0 Å². The van der Waals surface area contributed by atoms with Gasteiger partial charge in [-0.05, 0) is 49.2 Å². The van der Waals surface area contributed by atoms with Crippen LogP contribution in [0.3, 0.4) is 0 Å². The monoisotopic (exact) mass is 380 g/mol. The quantitative estimate of drug-likeness (QED) is 0.733. The summed E-state index contributed by atoms with van der Waals surface area (Å²) >= 11 is 0. The van der Waals surface area contributed by atoms with Crippen LogP contribution in [-0.2, 0) is 10.0 Å². The fourth-order valence-electron chi connectivity index (χ4n) is 3.12. The Bertz CT molecular complexity index is 998. The summed E-state index contributed by atoms with van der Waals surface area (Å²) in [6.45, 7) is 2.06. The van der Waals surface area contributed by atoms with E-state index in [9.17, 15) is 8.42 Å². The maximum Gasteiger partial charge on any atom is 0.261 e. The Morgan fingerprint density at radius 2 is 1.52 bits per heavy atom. The lowest BCUT2D eigenvalue weighted by molar-refractivity contribution is 0.601. The highest BCUT2D eigenvalue weighted by Gasteiger charge is 2.15. The summed E-state index contributed by atoms with van der Waals surface area (Å²) in [6, 6.07) is 19.4. The predicted molar refractivity (Wildman–Crippen MR) is 106 cm³/mol. The largest absolute Gasteiger partial charge is 0.355 e. The molecule has 1 N–H and O–H groups in total. The van der Waals surface area contributed by atoms with Gasteiger partial charge in [-0.2, -0.15) is 0 Å². The van der Waals surface area contributed by atoms with Crippen molar-refractivity contribution in [1.29, 1.82) is 0 Å². The third-order valence-corrected chi connectivity index (χ3v) is 5.96. The average molecular weight is 380 g/mol. The van der Waals surface area contributed by atoms with Crippen LogP contribution in [0.1, 0.15) is 12.8 Å². The lowest BCUT2D eigenvalue weighted by Gasteiger charge is -2.15. The molecular formula is C20H20N4O2S. The molecule has 0 radical (unpaired) electrons. The number of nitrogens with zero attached hydrogens (tertiary/aromatic N) is 3. The number of sulfonamides is 1. The fraction of sp³-hybridized carbons (Fsp3) is 0.200. The summed E-state index contributed by atoms with van der Waals surface area (Å²) in [5.41, 5.74) is 2.15. The topological polar surface area (TPSA) is 75.2 Å². The van der Waals surface area contributed by atoms with Crippen molar-refractivity contribution in [3.63, 3.8) is 0 Å². The molecule has 1 aromatic heterocycles. The van der Waals surface area contributed by atoms with E-state index in [2.05, 4.69) is 19.8 Å². The second-order valence-electron chi connectivity index (χ2n) is 6.47. The minimum atomic E-state index is -3.59. The van der Waals surface area contributed by atoms with E-state index in [-0.39, 0.29) is 4.90 Å². The molecular weight excluding hydrogens is 360 g/mol. The first-order valence-electron chi connectivity index (χ1n) is 8.89. The second-order valence-corrected chi connectivity index (χ2v) is 8.15. The number of hydrogen-bond acceptors (Lipinski definition) is 5. The van der Waals surface area contributed by atoms with Crippen molar-refractivity contribution < 1.29 is 8.42 Å². The van der Waals surface area contributed by atoms with Gasteiger partial charge in [-0.15, -0.1) is 10.2 Å². The van der Waals surface area contributed by atoms with Crippen LogP contribution in [0.4, 0.5) is 11.5 Å². The zero-order valence-electron chi connectivity index (χ0n) is 14.7. The van der Waals surface area contributed by atoms with E-state index in [1.807, 2.05) is 24.3 Å². The van der Waals surface area contributed by atoms with Crippen LogP contribution in [0.25, 0.3) is 11.3 Å². The third kappa shape index (κ3) is 3.93. The number of rotatable bonds is 5. The molecule has 0 unspecified atom stereocenters. The highest BCUT2D eigenvalue weighted by atomic mass is 32.2. The molecule has 0 amide bonds. The zero-order chi connectivity index (χ0) is 18.7. The molecule has 2 aromatic carbocycles. The van der Waals surface area contributed by atoms with E-state index in [1.54, 1.807) is 42.5 Å². The van der Waals surface area contributed by atoms with Crippen molar-refractivity contribution in [2.24, 2.45) is 0 Å². The van der Waals surface area contributed by atoms with Gasteiger partial charge in [0.25, 0.3) is 10.0 Å². The van der Waals surface area contributed by atoms with E-state index in [0.717, 1.165) is 30.2 Å². The van der Waals surface area contributed by atoms with Crippen LogP contribution in [0.15, 0.2) is 71.6 Å².